The summed E-state index contributed by atoms with van der Waals surface area (Å²) in [6.45, 7) is 7.18. The Morgan fingerprint density at radius 2 is 1.91 bits per heavy atom. The van der Waals surface area contributed by atoms with E-state index in [4.69, 9.17) is 4.74 Å². The van der Waals surface area contributed by atoms with E-state index in [2.05, 4.69) is 10.00 Å². The molecule has 1 saturated heterocycles. The lowest BCUT2D eigenvalue weighted by molar-refractivity contribution is -0.138. The summed E-state index contributed by atoms with van der Waals surface area (Å²) in [5.41, 5.74) is 0.923. The van der Waals surface area contributed by atoms with E-state index >= 15 is 0 Å². The number of hydrogen-bond acceptors (Lipinski definition) is 4. The van der Waals surface area contributed by atoms with E-state index in [0.29, 0.717) is 23.0 Å². The van der Waals surface area contributed by atoms with Crippen molar-refractivity contribution in [3.8, 4) is 0 Å². The number of aromatic carboxylic acids is 1. The zero-order valence-electron chi connectivity index (χ0n) is 18.4. The molecule has 1 aromatic carbocycles. The summed E-state index contributed by atoms with van der Waals surface area (Å²) in [7, 11) is 0. The standard InChI is InChI=1S/C23H28F3N3O3/c1-13-9-29(27-21(13)22(30)31)15(3)28-10-17-7-19(8-18(17)11-28)32-12-16-5-4-6-20(14(16)2)23(24,25)26/h4-6,9,15,17-19H,7-8,10-12H2,1-3H3,(H,30,31)/t15?,17-,18+,19?. The van der Waals surface area contributed by atoms with Gasteiger partial charge in [0, 0.05) is 24.8 Å². The zero-order chi connectivity index (χ0) is 23.2. The summed E-state index contributed by atoms with van der Waals surface area (Å²) in [4.78, 5) is 13.6. The quantitative estimate of drug-likeness (QED) is 0.692. The van der Waals surface area contributed by atoms with Crippen molar-refractivity contribution >= 4 is 5.97 Å². The summed E-state index contributed by atoms with van der Waals surface area (Å²) < 4.78 is 47.1. The first-order valence-corrected chi connectivity index (χ1v) is 10.8. The van der Waals surface area contributed by atoms with Gasteiger partial charge in [0.15, 0.2) is 5.69 Å². The highest BCUT2D eigenvalue weighted by Gasteiger charge is 2.43. The van der Waals surface area contributed by atoms with Gasteiger partial charge in [-0.15, -0.1) is 0 Å². The fraction of sp³-hybridized carbons (Fsp3) is 0.565. The monoisotopic (exact) mass is 451 g/mol. The van der Waals surface area contributed by atoms with Crippen LogP contribution >= 0.6 is 0 Å². The summed E-state index contributed by atoms with van der Waals surface area (Å²) in [5.74, 6) is -0.107. The van der Waals surface area contributed by atoms with Crippen LogP contribution in [0.3, 0.4) is 0 Å². The molecular weight excluding hydrogens is 423 g/mol. The second-order valence-corrected chi connectivity index (χ2v) is 9.04. The maximum atomic E-state index is 13.1. The Hall–Kier alpha value is -2.39. The summed E-state index contributed by atoms with van der Waals surface area (Å²) in [5, 5.41) is 13.5. The van der Waals surface area contributed by atoms with Crippen LogP contribution in [0.25, 0.3) is 0 Å². The first-order chi connectivity index (χ1) is 15.0. The van der Waals surface area contributed by atoms with Crippen molar-refractivity contribution in [3.05, 3.63) is 52.3 Å². The molecule has 2 heterocycles. The second-order valence-electron chi connectivity index (χ2n) is 9.04. The number of rotatable bonds is 6. The first-order valence-electron chi connectivity index (χ1n) is 10.8. The van der Waals surface area contributed by atoms with Crippen molar-refractivity contribution in [1.29, 1.82) is 0 Å². The van der Waals surface area contributed by atoms with Crippen LogP contribution in [0.5, 0.6) is 0 Å². The molecule has 1 aliphatic heterocycles. The molecule has 6 nitrogen and oxygen atoms in total. The number of carbonyl (C=O) groups is 1. The molecule has 0 amide bonds. The minimum atomic E-state index is -4.36. The molecule has 4 rings (SSSR count). The van der Waals surface area contributed by atoms with Crippen molar-refractivity contribution in [2.45, 2.75) is 58.7 Å². The van der Waals surface area contributed by atoms with E-state index in [1.165, 1.54) is 13.0 Å². The van der Waals surface area contributed by atoms with Crippen molar-refractivity contribution in [2.75, 3.05) is 13.1 Å². The highest BCUT2D eigenvalue weighted by atomic mass is 19.4. The SMILES string of the molecule is Cc1cn(C(C)N2C[C@H]3CC(OCc4cccc(C(F)(F)F)c4C)C[C@H]3C2)nc1C(=O)O. The van der Waals surface area contributed by atoms with Crippen molar-refractivity contribution in [1.82, 2.24) is 14.7 Å². The minimum absolute atomic E-state index is 0.0421. The van der Waals surface area contributed by atoms with E-state index in [0.717, 1.165) is 32.0 Å². The van der Waals surface area contributed by atoms with E-state index in [1.54, 1.807) is 23.9 Å². The molecule has 2 fully saturated rings. The largest absolute Gasteiger partial charge is 0.476 e. The normalized spacial score (nSPS) is 24.6. The number of aryl methyl sites for hydroxylation is 1. The fourth-order valence-electron chi connectivity index (χ4n) is 5.13. The molecule has 2 aliphatic rings. The number of carboxylic acids is 1. The molecule has 1 aromatic heterocycles. The molecule has 1 aliphatic carbocycles. The van der Waals surface area contributed by atoms with E-state index in [1.807, 2.05) is 6.92 Å². The lowest BCUT2D eigenvalue weighted by Gasteiger charge is -2.26. The van der Waals surface area contributed by atoms with Crippen LogP contribution in [0.15, 0.2) is 24.4 Å². The van der Waals surface area contributed by atoms with Gasteiger partial charge in [0.2, 0.25) is 0 Å². The molecule has 0 bridgehead atoms. The van der Waals surface area contributed by atoms with E-state index < -0.39 is 17.7 Å². The predicted molar refractivity (Wildman–Crippen MR) is 111 cm³/mol. The second kappa shape index (κ2) is 8.51. The third-order valence-electron chi connectivity index (χ3n) is 6.99. The maximum Gasteiger partial charge on any atom is 0.416 e. The Balaban J connectivity index is 1.33. The molecule has 9 heteroatoms. The number of alkyl halides is 3. The third-order valence-corrected chi connectivity index (χ3v) is 6.99. The van der Waals surface area contributed by atoms with E-state index in [9.17, 15) is 23.1 Å². The van der Waals surface area contributed by atoms with Crippen LogP contribution in [0.4, 0.5) is 13.2 Å². The van der Waals surface area contributed by atoms with E-state index in [-0.39, 0.29) is 30.1 Å². The molecule has 2 unspecified atom stereocenters. The van der Waals surface area contributed by atoms with Gasteiger partial charge < -0.3 is 9.84 Å². The zero-order valence-corrected chi connectivity index (χ0v) is 18.4. The number of benzene rings is 1. The van der Waals surface area contributed by atoms with Crippen molar-refractivity contribution in [2.24, 2.45) is 11.8 Å². The maximum absolute atomic E-state index is 13.1. The number of likely N-dealkylation sites (tertiary alicyclic amines) is 1. The average molecular weight is 451 g/mol. The van der Waals surface area contributed by atoms with Crippen LogP contribution in [0, 0.1) is 25.7 Å². The van der Waals surface area contributed by atoms with Gasteiger partial charge in [0.1, 0.15) is 6.17 Å². The van der Waals surface area contributed by atoms with Crippen LogP contribution in [0.1, 0.15) is 58.7 Å². The summed E-state index contributed by atoms with van der Waals surface area (Å²) >= 11 is 0. The number of fused-ring (bicyclic) bond motifs is 1. The Kier molecular flexibility index (Phi) is 6.06. The van der Waals surface area contributed by atoms with Crippen LogP contribution < -0.4 is 0 Å². The Morgan fingerprint density at radius 1 is 1.25 bits per heavy atom. The van der Waals surface area contributed by atoms with Gasteiger partial charge in [0.05, 0.1) is 18.3 Å². The summed E-state index contributed by atoms with van der Waals surface area (Å²) in [6.07, 6.45) is -0.829. The first kappa shape index (κ1) is 22.8. The Labute approximate surface area is 185 Å². The summed E-state index contributed by atoms with van der Waals surface area (Å²) in [6, 6.07) is 4.24. The molecule has 2 aromatic rings. The average Bonchev–Trinajstić information content (AvgIpc) is 3.38. The lowest BCUT2D eigenvalue weighted by atomic mass is 10.0. The van der Waals surface area contributed by atoms with Crippen LogP contribution in [-0.4, -0.2) is 44.9 Å². The van der Waals surface area contributed by atoms with Gasteiger partial charge in [-0.05, 0) is 62.6 Å². The van der Waals surface area contributed by atoms with Crippen molar-refractivity contribution < 1.29 is 27.8 Å². The molecule has 32 heavy (non-hydrogen) atoms. The van der Waals surface area contributed by atoms with Crippen molar-refractivity contribution in [3.63, 3.8) is 0 Å². The van der Waals surface area contributed by atoms with Crippen LogP contribution in [-0.2, 0) is 17.5 Å². The van der Waals surface area contributed by atoms with Gasteiger partial charge >= 0.3 is 12.1 Å². The topological polar surface area (TPSA) is 67.6 Å². The number of carboxylic acid groups (broad SMARTS) is 1. The smallest absolute Gasteiger partial charge is 0.416 e. The van der Waals surface area contributed by atoms with Gasteiger partial charge in [0.25, 0.3) is 0 Å². The third kappa shape index (κ3) is 4.41. The Morgan fingerprint density at radius 3 is 2.47 bits per heavy atom. The van der Waals surface area contributed by atoms with Crippen LogP contribution in [0.2, 0.25) is 0 Å². The molecule has 0 spiro atoms. The molecular formula is C23H28F3N3O3. The number of hydrogen-bond donors (Lipinski definition) is 1. The van der Waals surface area contributed by atoms with Gasteiger partial charge in [-0.25, -0.2) is 4.79 Å². The minimum Gasteiger partial charge on any atom is -0.476 e. The number of aromatic nitrogens is 2. The number of halogens is 3. The number of nitrogens with zero attached hydrogens (tertiary/aromatic N) is 3. The fourth-order valence-corrected chi connectivity index (χ4v) is 5.13. The molecule has 1 saturated carbocycles. The van der Waals surface area contributed by atoms with Gasteiger partial charge in [-0.2, -0.15) is 18.3 Å². The lowest BCUT2D eigenvalue weighted by Crippen LogP contribution is -2.31. The van der Waals surface area contributed by atoms with Gasteiger partial charge in [-0.1, -0.05) is 12.1 Å². The predicted octanol–water partition coefficient (Wildman–Crippen LogP) is 4.66. The number of ether oxygens (including phenoxy) is 1. The Bertz CT molecular complexity index is 990. The highest BCUT2D eigenvalue weighted by Crippen LogP contribution is 2.42. The molecule has 0 radical (unpaired) electrons. The molecule has 4 atom stereocenters. The molecule has 1 N–H and O–H groups in total. The molecule has 174 valence electrons. The highest BCUT2D eigenvalue weighted by molar-refractivity contribution is 5.86. The van der Waals surface area contributed by atoms with Gasteiger partial charge in [-0.3, -0.25) is 9.58 Å².